The monoisotopic (exact) mass is 276 g/mol. The SMILES string of the molecule is CC(NC(=O)c1ccco1)C(=O)NCC(O)C(F)F. The fraction of sp³-hybridized carbons (Fsp3) is 0.455. The summed E-state index contributed by atoms with van der Waals surface area (Å²) in [4.78, 5) is 23.0. The molecule has 0 fully saturated rings. The van der Waals surface area contributed by atoms with Gasteiger partial charge < -0.3 is 20.2 Å². The molecule has 0 bridgehead atoms. The lowest BCUT2D eigenvalue weighted by Gasteiger charge is -2.15. The minimum Gasteiger partial charge on any atom is -0.459 e. The second kappa shape index (κ2) is 6.83. The van der Waals surface area contributed by atoms with Crippen LogP contribution in [-0.2, 0) is 4.79 Å². The molecule has 106 valence electrons. The van der Waals surface area contributed by atoms with Gasteiger partial charge in [-0.3, -0.25) is 9.59 Å². The molecule has 3 N–H and O–H groups in total. The highest BCUT2D eigenvalue weighted by atomic mass is 19.3. The van der Waals surface area contributed by atoms with Crippen LogP contribution in [0.1, 0.15) is 17.5 Å². The van der Waals surface area contributed by atoms with E-state index in [0.29, 0.717) is 0 Å². The Hall–Kier alpha value is -1.96. The van der Waals surface area contributed by atoms with Gasteiger partial charge in [-0.2, -0.15) is 0 Å². The van der Waals surface area contributed by atoms with Gasteiger partial charge in [0.2, 0.25) is 5.91 Å². The van der Waals surface area contributed by atoms with Gasteiger partial charge in [0.15, 0.2) is 5.76 Å². The van der Waals surface area contributed by atoms with Crippen molar-refractivity contribution in [2.45, 2.75) is 25.5 Å². The Labute approximate surface area is 107 Å². The average Bonchev–Trinajstić information content (AvgIpc) is 2.88. The van der Waals surface area contributed by atoms with Crippen molar-refractivity contribution in [3.8, 4) is 0 Å². The number of rotatable bonds is 6. The summed E-state index contributed by atoms with van der Waals surface area (Å²) in [7, 11) is 0. The zero-order valence-corrected chi connectivity index (χ0v) is 10.1. The van der Waals surface area contributed by atoms with Crippen molar-refractivity contribution in [3.63, 3.8) is 0 Å². The van der Waals surface area contributed by atoms with Gasteiger partial charge in [0, 0.05) is 6.54 Å². The van der Waals surface area contributed by atoms with Crippen LogP contribution in [0, 0.1) is 0 Å². The first kappa shape index (κ1) is 15.1. The molecule has 1 heterocycles. The Morgan fingerprint density at radius 1 is 1.47 bits per heavy atom. The Morgan fingerprint density at radius 3 is 2.68 bits per heavy atom. The highest BCUT2D eigenvalue weighted by molar-refractivity contribution is 5.95. The number of amides is 2. The van der Waals surface area contributed by atoms with Crippen LogP contribution < -0.4 is 10.6 Å². The molecule has 8 heteroatoms. The maximum absolute atomic E-state index is 12.0. The van der Waals surface area contributed by atoms with E-state index in [9.17, 15) is 18.4 Å². The van der Waals surface area contributed by atoms with E-state index in [-0.39, 0.29) is 5.76 Å². The van der Waals surface area contributed by atoms with Crippen LogP contribution in [0.2, 0.25) is 0 Å². The van der Waals surface area contributed by atoms with E-state index in [2.05, 4.69) is 10.6 Å². The molecule has 6 nitrogen and oxygen atoms in total. The third-order valence-electron chi connectivity index (χ3n) is 2.26. The molecule has 0 spiro atoms. The van der Waals surface area contributed by atoms with Crippen molar-refractivity contribution in [2.24, 2.45) is 0 Å². The average molecular weight is 276 g/mol. The van der Waals surface area contributed by atoms with Gasteiger partial charge in [-0.15, -0.1) is 0 Å². The number of aliphatic hydroxyl groups is 1. The third kappa shape index (κ3) is 4.66. The number of aliphatic hydroxyl groups excluding tert-OH is 1. The standard InChI is InChI=1S/C11H14F2N2O4/c1-6(10(17)14-5-7(16)9(12)13)15-11(18)8-3-2-4-19-8/h2-4,6-7,9,16H,5H2,1H3,(H,14,17)(H,15,18). The summed E-state index contributed by atoms with van der Waals surface area (Å²) >= 11 is 0. The molecule has 0 saturated carbocycles. The molecular weight excluding hydrogens is 262 g/mol. The molecule has 1 aromatic rings. The molecule has 2 unspecified atom stereocenters. The largest absolute Gasteiger partial charge is 0.459 e. The quantitative estimate of drug-likeness (QED) is 0.689. The van der Waals surface area contributed by atoms with E-state index < -0.39 is 36.9 Å². The lowest BCUT2D eigenvalue weighted by molar-refractivity contribution is -0.123. The third-order valence-corrected chi connectivity index (χ3v) is 2.26. The lowest BCUT2D eigenvalue weighted by Crippen LogP contribution is -2.47. The molecule has 2 atom stereocenters. The Balaban J connectivity index is 2.39. The normalized spacial score (nSPS) is 13.9. The summed E-state index contributed by atoms with van der Waals surface area (Å²) in [6.07, 6.45) is -3.57. The van der Waals surface area contributed by atoms with Crippen LogP contribution in [0.15, 0.2) is 22.8 Å². The Kier molecular flexibility index (Phi) is 5.43. The predicted molar refractivity (Wildman–Crippen MR) is 60.7 cm³/mol. The molecular formula is C11H14F2N2O4. The fourth-order valence-corrected chi connectivity index (χ4v) is 1.19. The zero-order valence-electron chi connectivity index (χ0n) is 10.1. The van der Waals surface area contributed by atoms with Gasteiger partial charge in [0.25, 0.3) is 12.3 Å². The summed E-state index contributed by atoms with van der Waals surface area (Å²) < 4.78 is 28.8. The summed E-state index contributed by atoms with van der Waals surface area (Å²) in [5.74, 6) is -1.24. The molecule has 1 rings (SSSR count). The predicted octanol–water partition coefficient (Wildman–Crippen LogP) is 0.140. The second-order valence-electron chi connectivity index (χ2n) is 3.82. The van der Waals surface area contributed by atoms with Gasteiger partial charge in [0.05, 0.1) is 6.26 Å². The van der Waals surface area contributed by atoms with Crippen LogP contribution in [0.25, 0.3) is 0 Å². The highest BCUT2D eigenvalue weighted by Crippen LogP contribution is 2.01. The minimum absolute atomic E-state index is 0.0345. The zero-order chi connectivity index (χ0) is 14.4. The van der Waals surface area contributed by atoms with Crippen molar-refractivity contribution in [1.82, 2.24) is 10.6 Å². The molecule has 19 heavy (non-hydrogen) atoms. The van der Waals surface area contributed by atoms with Gasteiger partial charge in [-0.25, -0.2) is 8.78 Å². The Bertz CT molecular complexity index is 422. The van der Waals surface area contributed by atoms with Crippen molar-refractivity contribution in [2.75, 3.05) is 6.54 Å². The molecule has 0 aliphatic heterocycles. The maximum atomic E-state index is 12.0. The number of furan rings is 1. The first-order chi connectivity index (χ1) is 8.91. The molecule has 1 aromatic heterocycles. The van der Waals surface area contributed by atoms with Gasteiger partial charge >= 0.3 is 0 Å². The minimum atomic E-state index is -2.94. The second-order valence-corrected chi connectivity index (χ2v) is 3.82. The van der Waals surface area contributed by atoms with E-state index in [1.165, 1.54) is 25.3 Å². The highest BCUT2D eigenvalue weighted by Gasteiger charge is 2.21. The van der Waals surface area contributed by atoms with Crippen LogP contribution in [-0.4, -0.2) is 42.0 Å². The number of nitrogens with one attached hydrogen (secondary N) is 2. The number of alkyl halides is 2. The summed E-state index contributed by atoms with van der Waals surface area (Å²) in [5, 5.41) is 13.2. The molecule has 0 aromatic carbocycles. The van der Waals surface area contributed by atoms with Crippen molar-refractivity contribution < 1.29 is 27.9 Å². The van der Waals surface area contributed by atoms with Gasteiger partial charge in [-0.05, 0) is 19.1 Å². The summed E-state index contributed by atoms with van der Waals surface area (Å²) in [6.45, 7) is 0.794. The van der Waals surface area contributed by atoms with E-state index in [4.69, 9.17) is 9.52 Å². The molecule has 2 amide bonds. The van der Waals surface area contributed by atoms with Crippen molar-refractivity contribution in [1.29, 1.82) is 0 Å². The van der Waals surface area contributed by atoms with Crippen LogP contribution >= 0.6 is 0 Å². The number of hydrogen-bond donors (Lipinski definition) is 3. The lowest BCUT2D eigenvalue weighted by atomic mass is 10.2. The number of carbonyl (C=O) groups is 2. The van der Waals surface area contributed by atoms with Crippen LogP contribution in [0.5, 0.6) is 0 Å². The van der Waals surface area contributed by atoms with Crippen LogP contribution in [0.4, 0.5) is 8.78 Å². The first-order valence-corrected chi connectivity index (χ1v) is 5.50. The van der Waals surface area contributed by atoms with E-state index in [1.807, 2.05) is 0 Å². The topological polar surface area (TPSA) is 91.6 Å². The smallest absolute Gasteiger partial charge is 0.287 e. The maximum Gasteiger partial charge on any atom is 0.287 e. The number of carbonyl (C=O) groups excluding carboxylic acids is 2. The van der Waals surface area contributed by atoms with Crippen molar-refractivity contribution >= 4 is 11.8 Å². The van der Waals surface area contributed by atoms with Crippen molar-refractivity contribution in [3.05, 3.63) is 24.2 Å². The Morgan fingerprint density at radius 2 is 2.16 bits per heavy atom. The van der Waals surface area contributed by atoms with E-state index in [0.717, 1.165) is 0 Å². The fourth-order valence-electron chi connectivity index (χ4n) is 1.19. The van der Waals surface area contributed by atoms with E-state index >= 15 is 0 Å². The molecule has 0 aliphatic carbocycles. The first-order valence-electron chi connectivity index (χ1n) is 5.50. The van der Waals surface area contributed by atoms with Gasteiger partial charge in [0.1, 0.15) is 12.1 Å². The van der Waals surface area contributed by atoms with Gasteiger partial charge in [-0.1, -0.05) is 0 Å². The summed E-state index contributed by atoms with van der Waals surface area (Å²) in [5.41, 5.74) is 0. The number of hydrogen-bond acceptors (Lipinski definition) is 4. The van der Waals surface area contributed by atoms with Crippen LogP contribution in [0.3, 0.4) is 0 Å². The molecule has 0 aliphatic rings. The summed E-state index contributed by atoms with van der Waals surface area (Å²) in [6, 6.07) is 1.99. The van der Waals surface area contributed by atoms with E-state index in [1.54, 1.807) is 0 Å². The molecule has 0 radical (unpaired) electrons. The number of halogens is 2. The molecule has 0 saturated heterocycles.